The van der Waals surface area contributed by atoms with Crippen molar-refractivity contribution in [1.29, 1.82) is 0 Å². The zero-order valence-electron chi connectivity index (χ0n) is 26.3. The summed E-state index contributed by atoms with van der Waals surface area (Å²) in [5.41, 5.74) is 3.52. The van der Waals surface area contributed by atoms with Crippen molar-refractivity contribution in [2.45, 2.75) is 71.5 Å². The number of benzene rings is 2. The predicted molar refractivity (Wildman–Crippen MR) is 171 cm³/mol. The van der Waals surface area contributed by atoms with Gasteiger partial charge in [-0.05, 0) is 69.4 Å². The fraction of sp³-hybridized carbons (Fsp3) is 0.364. The molecule has 2 aromatic heterocycles. The first-order chi connectivity index (χ1) is 21.4. The van der Waals surface area contributed by atoms with Crippen molar-refractivity contribution < 1.29 is 22.7 Å². The summed E-state index contributed by atoms with van der Waals surface area (Å²) in [6.45, 7) is 12.1. The quantitative estimate of drug-likeness (QED) is 0.277. The van der Waals surface area contributed by atoms with E-state index in [1.807, 2.05) is 45.9 Å². The van der Waals surface area contributed by atoms with Crippen LogP contribution in [0.25, 0.3) is 11.3 Å². The Bertz CT molecular complexity index is 1770. The molecule has 1 aliphatic heterocycles. The molecule has 3 heterocycles. The Morgan fingerprint density at radius 2 is 1.69 bits per heavy atom. The van der Waals surface area contributed by atoms with E-state index in [-0.39, 0.29) is 53.4 Å². The van der Waals surface area contributed by atoms with E-state index in [9.17, 15) is 13.2 Å². The molecule has 1 atom stereocenters. The van der Waals surface area contributed by atoms with Crippen molar-refractivity contribution in [3.8, 4) is 22.9 Å². The average Bonchev–Trinajstić information content (AvgIpc) is 2.98. The number of rotatable bonds is 7. The van der Waals surface area contributed by atoms with Gasteiger partial charge in [0, 0.05) is 17.2 Å². The second-order valence-corrected chi connectivity index (χ2v) is 13.5. The minimum atomic E-state index is -4.16. The number of amides is 1. The number of nitrogens with zero attached hydrogens (tertiary/aromatic N) is 5. The molecule has 1 N–H and O–H groups in total. The molecule has 0 aliphatic carbocycles. The van der Waals surface area contributed by atoms with Gasteiger partial charge in [0.1, 0.15) is 12.4 Å². The Morgan fingerprint density at radius 1 is 1.00 bits per heavy atom. The molecular weight excluding hydrogens is 592 g/mol. The third-order valence-corrected chi connectivity index (χ3v) is 8.62. The van der Waals surface area contributed by atoms with E-state index in [0.717, 1.165) is 16.7 Å². The highest BCUT2D eigenvalue weighted by Crippen LogP contribution is 2.30. The van der Waals surface area contributed by atoms with Crippen molar-refractivity contribution in [2.75, 3.05) is 11.3 Å². The van der Waals surface area contributed by atoms with Crippen molar-refractivity contribution in [3.05, 3.63) is 83.4 Å². The third kappa shape index (κ3) is 7.56. The number of hydrogen-bond donors (Lipinski definition) is 1. The van der Waals surface area contributed by atoms with Crippen molar-refractivity contribution in [1.82, 2.24) is 24.8 Å². The van der Waals surface area contributed by atoms with Crippen LogP contribution in [0.1, 0.15) is 61.4 Å². The van der Waals surface area contributed by atoms with E-state index in [4.69, 9.17) is 9.47 Å². The molecule has 12 heteroatoms. The van der Waals surface area contributed by atoms with Crippen LogP contribution in [-0.4, -0.2) is 57.9 Å². The third-order valence-electron chi connectivity index (χ3n) is 7.29. The number of fused-ring (bicyclic) bond motifs is 4. The van der Waals surface area contributed by atoms with E-state index in [0.29, 0.717) is 23.7 Å². The summed E-state index contributed by atoms with van der Waals surface area (Å²) in [6, 6.07) is 13.1. The molecule has 0 saturated carbocycles. The summed E-state index contributed by atoms with van der Waals surface area (Å²) < 4.78 is 41.6. The van der Waals surface area contributed by atoms with E-state index in [1.165, 1.54) is 12.1 Å². The molecule has 2 aromatic carbocycles. The molecule has 236 valence electrons. The van der Waals surface area contributed by atoms with Crippen LogP contribution in [0.5, 0.6) is 11.6 Å². The smallest absolute Gasteiger partial charge is 0.264 e. The van der Waals surface area contributed by atoms with Gasteiger partial charge in [0.2, 0.25) is 11.8 Å². The first-order valence-electron chi connectivity index (χ1n) is 14.9. The number of hydrogen-bond acceptors (Lipinski definition) is 9. The number of carbonyl (C=O) groups is 1. The lowest BCUT2D eigenvalue weighted by molar-refractivity contribution is 0.0545. The lowest BCUT2D eigenvalue weighted by Gasteiger charge is -2.32. The highest BCUT2D eigenvalue weighted by Gasteiger charge is 2.30. The van der Waals surface area contributed by atoms with Crippen LogP contribution in [0.3, 0.4) is 0 Å². The first-order valence-corrected chi connectivity index (χ1v) is 16.4. The summed E-state index contributed by atoms with van der Waals surface area (Å²) >= 11 is 0. The maximum Gasteiger partial charge on any atom is 0.264 e. The van der Waals surface area contributed by atoms with E-state index in [1.54, 1.807) is 35.5 Å². The summed E-state index contributed by atoms with van der Waals surface area (Å²) in [4.78, 5) is 33.6. The van der Waals surface area contributed by atoms with Crippen molar-refractivity contribution in [3.63, 3.8) is 0 Å². The largest absolute Gasteiger partial charge is 0.488 e. The van der Waals surface area contributed by atoms with Gasteiger partial charge in [0.05, 0.1) is 41.7 Å². The van der Waals surface area contributed by atoms with Gasteiger partial charge in [-0.15, -0.1) is 0 Å². The SMILES string of the molecule is Cc1cccc(C)c1-c1cc2nc(n1)NS(=O)(=O)c1cccc(c1)C(=O)N(Cc1ncc(OC(C)C)cn1)[C@H](CC(C)C)CO2. The average molecular weight is 631 g/mol. The van der Waals surface area contributed by atoms with Gasteiger partial charge in [-0.25, -0.2) is 28.1 Å². The summed E-state index contributed by atoms with van der Waals surface area (Å²) in [5, 5.41) is 0. The van der Waals surface area contributed by atoms with E-state index >= 15 is 0 Å². The molecule has 1 aliphatic rings. The molecular formula is C33H38N6O5S. The molecule has 5 rings (SSSR count). The number of aryl methyl sites for hydroxylation is 2. The summed E-state index contributed by atoms with van der Waals surface area (Å²) in [5.74, 6) is 0.809. The zero-order chi connectivity index (χ0) is 32.3. The van der Waals surface area contributed by atoms with E-state index < -0.39 is 16.1 Å². The number of aromatic nitrogens is 4. The monoisotopic (exact) mass is 630 g/mol. The van der Waals surface area contributed by atoms with Crippen LogP contribution in [0.4, 0.5) is 5.95 Å². The van der Waals surface area contributed by atoms with Gasteiger partial charge in [0.25, 0.3) is 15.9 Å². The fourth-order valence-electron chi connectivity index (χ4n) is 5.32. The standard InChI is InChI=1S/C33H38N6O5S/c1-20(2)13-25-19-43-30-15-28(31-22(5)9-7-10-23(31)6)36-33(37-30)38-45(41,42)27-12-8-11-24(14-27)32(40)39(25)18-29-34-16-26(17-35-29)44-21(3)4/h7-12,14-17,20-21,25H,13,18-19H2,1-6H3,(H,36,37,38)/t25-/m1/s1. The molecule has 1 amide bonds. The Kier molecular flexibility index (Phi) is 9.33. The van der Waals surface area contributed by atoms with Gasteiger partial charge in [-0.1, -0.05) is 38.1 Å². The number of ether oxygens (including phenoxy) is 2. The zero-order valence-corrected chi connectivity index (χ0v) is 27.1. The first kappa shape index (κ1) is 31.8. The van der Waals surface area contributed by atoms with Gasteiger partial charge >= 0.3 is 0 Å². The molecule has 0 spiro atoms. The number of carbonyl (C=O) groups excluding carboxylic acids is 1. The summed E-state index contributed by atoms with van der Waals surface area (Å²) in [6.07, 6.45) is 3.72. The Balaban J connectivity index is 1.62. The van der Waals surface area contributed by atoms with Gasteiger partial charge in [-0.3, -0.25) is 4.79 Å². The van der Waals surface area contributed by atoms with Crippen LogP contribution in [-0.2, 0) is 16.6 Å². The molecule has 0 unspecified atom stereocenters. The molecule has 4 aromatic rings. The maximum atomic E-state index is 14.2. The molecule has 0 fully saturated rings. The molecule has 11 nitrogen and oxygen atoms in total. The number of anilines is 1. The fourth-order valence-corrected chi connectivity index (χ4v) is 6.31. The summed E-state index contributed by atoms with van der Waals surface area (Å²) in [7, 11) is -4.16. The Hall–Kier alpha value is -4.58. The second-order valence-electron chi connectivity index (χ2n) is 11.8. The minimum Gasteiger partial charge on any atom is -0.488 e. The highest BCUT2D eigenvalue weighted by molar-refractivity contribution is 7.92. The predicted octanol–water partition coefficient (Wildman–Crippen LogP) is 5.59. The molecule has 0 saturated heterocycles. The molecule has 45 heavy (non-hydrogen) atoms. The number of nitrogens with one attached hydrogen (secondary N) is 1. The molecule has 4 bridgehead atoms. The van der Waals surface area contributed by atoms with Gasteiger partial charge in [-0.2, -0.15) is 4.98 Å². The highest BCUT2D eigenvalue weighted by atomic mass is 32.2. The second kappa shape index (κ2) is 13.2. The van der Waals surface area contributed by atoms with Crippen LogP contribution in [0.15, 0.2) is 65.8 Å². The molecule has 0 radical (unpaired) electrons. The number of sulfonamides is 1. The Morgan fingerprint density at radius 3 is 2.36 bits per heavy atom. The van der Waals surface area contributed by atoms with Gasteiger partial charge < -0.3 is 14.4 Å². The van der Waals surface area contributed by atoms with Crippen LogP contribution >= 0.6 is 0 Å². The topological polar surface area (TPSA) is 136 Å². The van der Waals surface area contributed by atoms with Crippen LogP contribution < -0.4 is 14.2 Å². The van der Waals surface area contributed by atoms with Gasteiger partial charge in [0.15, 0.2) is 5.75 Å². The maximum absolute atomic E-state index is 14.2. The van der Waals surface area contributed by atoms with Crippen molar-refractivity contribution >= 4 is 21.9 Å². The minimum absolute atomic E-state index is 0.0386. The lowest BCUT2D eigenvalue weighted by atomic mass is 10.00. The van der Waals surface area contributed by atoms with E-state index in [2.05, 4.69) is 38.5 Å². The van der Waals surface area contributed by atoms with Crippen molar-refractivity contribution in [2.24, 2.45) is 5.92 Å². The van der Waals surface area contributed by atoms with Crippen LogP contribution in [0.2, 0.25) is 0 Å². The van der Waals surface area contributed by atoms with Crippen LogP contribution in [0, 0.1) is 19.8 Å². The normalized spacial score (nSPS) is 16.3. The lowest BCUT2D eigenvalue weighted by Crippen LogP contribution is -2.44. The Labute approximate surface area is 264 Å².